The van der Waals surface area contributed by atoms with E-state index in [1.54, 1.807) is 41.0 Å². The lowest BCUT2D eigenvalue weighted by molar-refractivity contribution is -0.147. The lowest BCUT2D eigenvalue weighted by Crippen LogP contribution is -2.31. The summed E-state index contributed by atoms with van der Waals surface area (Å²) < 4.78 is 17.6. The van der Waals surface area contributed by atoms with Crippen molar-refractivity contribution in [2.75, 3.05) is 6.79 Å². The zero-order valence-electron chi connectivity index (χ0n) is 16.2. The number of carboxylic acids is 1. The van der Waals surface area contributed by atoms with Crippen molar-refractivity contribution in [2.24, 2.45) is 0 Å². The van der Waals surface area contributed by atoms with Crippen LogP contribution in [0.3, 0.4) is 0 Å². The zero-order valence-corrected chi connectivity index (χ0v) is 16.2. The molecule has 8 nitrogen and oxygen atoms in total. The second kappa shape index (κ2) is 7.90. The van der Waals surface area contributed by atoms with E-state index in [1.807, 2.05) is 6.92 Å². The average Bonchev–Trinajstić information content (AvgIpc) is 3.20. The van der Waals surface area contributed by atoms with Crippen LogP contribution in [0.2, 0.25) is 0 Å². The van der Waals surface area contributed by atoms with Gasteiger partial charge >= 0.3 is 11.9 Å². The number of rotatable bonds is 6. The van der Waals surface area contributed by atoms with E-state index in [2.05, 4.69) is 0 Å². The summed E-state index contributed by atoms with van der Waals surface area (Å²) in [6.45, 7) is 2.39. The lowest BCUT2D eigenvalue weighted by atomic mass is 10.1. The molecule has 154 valence electrons. The largest absolute Gasteiger partial charge is 0.478 e. The third-order valence-electron chi connectivity index (χ3n) is 4.92. The normalized spacial score (nSPS) is 13.2. The maximum Gasteiger partial charge on any atom is 0.345 e. The first kappa shape index (κ1) is 19.5. The SMILES string of the molecule is CCn1cc(C(=O)OC(Cc2ccccc2)C(=O)O)c(=O)c2cc3c(cc21)OCO3. The van der Waals surface area contributed by atoms with Crippen LogP contribution in [0.15, 0.2) is 53.5 Å². The van der Waals surface area contributed by atoms with Gasteiger partial charge in [0.25, 0.3) is 0 Å². The Kier molecular flexibility index (Phi) is 5.14. The van der Waals surface area contributed by atoms with Crippen molar-refractivity contribution >= 4 is 22.8 Å². The van der Waals surface area contributed by atoms with E-state index in [-0.39, 0.29) is 24.2 Å². The predicted molar refractivity (Wildman–Crippen MR) is 107 cm³/mol. The number of hydrogen-bond donors (Lipinski definition) is 1. The van der Waals surface area contributed by atoms with Crippen LogP contribution in [0.1, 0.15) is 22.8 Å². The van der Waals surface area contributed by atoms with Gasteiger partial charge in [0, 0.05) is 25.2 Å². The smallest absolute Gasteiger partial charge is 0.345 e. The van der Waals surface area contributed by atoms with Crippen LogP contribution >= 0.6 is 0 Å². The Bertz CT molecular complexity index is 1180. The van der Waals surface area contributed by atoms with Gasteiger partial charge in [-0.2, -0.15) is 0 Å². The van der Waals surface area contributed by atoms with Crippen molar-refractivity contribution in [1.29, 1.82) is 0 Å². The van der Waals surface area contributed by atoms with E-state index in [0.29, 0.717) is 29.1 Å². The number of hydrogen-bond acceptors (Lipinski definition) is 6. The van der Waals surface area contributed by atoms with Crippen LogP contribution in [0, 0.1) is 0 Å². The fraction of sp³-hybridized carbons (Fsp3) is 0.227. The second-order valence-corrected chi connectivity index (χ2v) is 6.80. The molecule has 3 aromatic rings. The summed E-state index contributed by atoms with van der Waals surface area (Å²) in [7, 11) is 0. The molecule has 0 spiro atoms. The van der Waals surface area contributed by atoms with Crippen molar-refractivity contribution in [3.05, 3.63) is 70.0 Å². The topological polar surface area (TPSA) is 104 Å². The third-order valence-corrected chi connectivity index (χ3v) is 4.92. The van der Waals surface area contributed by atoms with Gasteiger partial charge in [-0.05, 0) is 18.6 Å². The first-order chi connectivity index (χ1) is 14.5. The standard InChI is InChI=1S/C22H19NO7/c1-2-23-11-15(20(24)14-9-17-18(10-16(14)23)29-12-28-17)22(27)30-19(21(25)26)8-13-6-4-3-5-7-13/h3-7,9-11,19H,2,8,12H2,1H3,(H,25,26). The first-order valence-corrected chi connectivity index (χ1v) is 9.42. The summed E-state index contributed by atoms with van der Waals surface area (Å²) in [5, 5.41) is 9.76. The van der Waals surface area contributed by atoms with Gasteiger partial charge < -0.3 is 23.9 Å². The van der Waals surface area contributed by atoms with Crippen molar-refractivity contribution < 1.29 is 28.9 Å². The summed E-state index contributed by atoms with van der Waals surface area (Å²) >= 11 is 0. The summed E-state index contributed by atoms with van der Waals surface area (Å²) in [5.41, 5.74) is 0.502. The van der Waals surface area contributed by atoms with Crippen LogP contribution in [-0.2, 0) is 22.5 Å². The summed E-state index contributed by atoms with van der Waals surface area (Å²) in [4.78, 5) is 37.4. The number of nitrogens with zero attached hydrogens (tertiary/aromatic N) is 1. The number of aliphatic carboxylic acids is 1. The maximum absolute atomic E-state index is 13.0. The van der Waals surface area contributed by atoms with Gasteiger partial charge in [0.1, 0.15) is 5.56 Å². The zero-order chi connectivity index (χ0) is 21.3. The Morgan fingerprint density at radius 2 is 1.87 bits per heavy atom. The molecule has 0 radical (unpaired) electrons. The molecule has 30 heavy (non-hydrogen) atoms. The lowest BCUT2D eigenvalue weighted by Gasteiger charge is -2.16. The van der Waals surface area contributed by atoms with E-state index in [9.17, 15) is 19.5 Å². The molecule has 0 saturated heterocycles. The molecule has 1 atom stereocenters. The number of aromatic nitrogens is 1. The molecule has 1 aliphatic heterocycles. The van der Waals surface area contributed by atoms with Gasteiger partial charge in [0.15, 0.2) is 11.5 Å². The van der Waals surface area contributed by atoms with E-state index < -0.39 is 23.5 Å². The van der Waals surface area contributed by atoms with Gasteiger partial charge in [0.05, 0.1) is 10.9 Å². The Morgan fingerprint density at radius 3 is 2.53 bits per heavy atom. The first-order valence-electron chi connectivity index (χ1n) is 9.42. The number of pyridine rings is 1. The van der Waals surface area contributed by atoms with Gasteiger partial charge in [-0.3, -0.25) is 4.79 Å². The van der Waals surface area contributed by atoms with Crippen molar-refractivity contribution in [3.63, 3.8) is 0 Å². The van der Waals surface area contributed by atoms with Crippen LogP contribution in [-0.4, -0.2) is 34.5 Å². The fourth-order valence-electron chi connectivity index (χ4n) is 3.39. The molecular formula is C22H19NO7. The molecule has 1 N–H and O–H groups in total. The Labute approximate surface area is 171 Å². The molecular weight excluding hydrogens is 390 g/mol. The quantitative estimate of drug-likeness (QED) is 0.624. The van der Waals surface area contributed by atoms with Crippen LogP contribution in [0.4, 0.5) is 0 Å². The molecule has 4 rings (SSSR count). The minimum Gasteiger partial charge on any atom is -0.478 e. The number of carbonyl (C=O) groups excluding carboxylic acids is 1. The van der Waals surface area contributed by atoms with Crippen LogP contribution < -0.4 is 14.9 Å². The summed E-state index contributed by atoms with van der Waals surface area (Å²) in [5.74, 6) is -1.33. The second-order valence-electron chi connectivity index (χ2n) is 6.80. The van der Waals surface area contributed by atoms with Gasteiger partial charge in [-0.25, -0.2) is 9.59 Å². The molecule has 0 bridgehead atoms. The molecule has 0 fully saturated rings. The Balaban J connectivity index is 1.70. The number of esters is 1. The monoisotopic (exact) mass is 409 g/mol. The predicted octanol–water partition coefficient (Wildman–Crippen LogP) is 2.60. The van der Waals surface area contributed by atoms with Crippen molar-refractivity contribution in [3.8, 4) is 11.5 Å². The minimum atomic E-state index is -1.41. The highest BCUT2D eigenvalue weighted by molar-refractivity contribution is 5.95. The molecule has 2 heterocycles. The van der Waals surface area contributed by atoms with Crippen molar-refractivity contribution in [2.45, 2.75) is 26.0 Å². The summed E-state index contributed by atoms with van der Waals surface area (Å²) in [6, 6.07) is 12.0. The van der Waals surface area contributed by atoms with Gasteiger partial charge in [-0.15, -0.1) is 0 Å². The molecule has 0 aliphatic carbocycles. The average molecular weight is 409 g/mol. The molecule has 0 saturated carbocycles. The van der Waals surface area contributed by atoms with Crippen LogP contribution in [0.5, 0.6) is 11.5 Å². The highest BCUT2D eigenvalue weighted by Gasteiger charge is 2.27. The molecule has 2 aromatic carbocycles. The molecule has 1 aliphatic rings. The molecule has 0 amide bonds. The Hall–Kier alpha value is -3.81. The maximum atomic E-state index is 13.0. The highest BCUT2D eigenvalue weighted by atomic mass is 16.7. The highest BCUT2D eigenvalue weighted by Crippen LogP contribution is 2.35. The number of carbonyl (C=O) groups is 2. The van der Waals surface area contributed by atoms with Gasteiger partial charge in [-0.1, -0.05) is 30.3 Å². The van der Waals surface area contributed by atoms with E-state index in [0.717, 1.165) is 0 Å². The molecule has 8 heteroatoms. The number of carboxylic acid groups (broad SMARTS) is 1. The number of fused-ring (bicyclic) bond motifs is 2. The third kappa shape index (κ3) is 3.59. The summed E-state index contributed by atoms with van der Waals surface area (Å²) in [6.07, 6.45) is -0.0332. The number of benzene rings is 2. The van der Waals surface area contributed by atoms with E-state index >= 15 is 0 Å². The van der Waals surface area contributed by atoms with Gasteiger partial charge in [0.2, 0.25) is 18.3 Å². The molecule has 1 aromatic heterocycles. The number of ether oxygens (including phenoxy) is 3. The molecule has 1 unspecified atom stereocenters. The van der Waals surface area contributed by atoms with Crippen molar-refractivity contribution in [1.82, 2.24) is 4.57 Å². The Morgan fingerprint density at radius 1 is 1.17 bits per heavy atom. The minimum absolute atomic E-state index is 0.00382. The van der Waals surface area contributed by atoms with Crippen LogP contribution in [0.25, 0.3) is 10.9 Å². The van der Waals surface area contributed by atoms with E-state index in [4.69, 9.17) is 14.2 Å². The van der Waals surface area contributed by atoms with E-state index in [1.165, 1.54) is 12.3 Å². The number of aryl methyl sites for hydroxylation is 1. The fourth-order valence-corrected chi connectivity index (χ4v) is 3.39.